The fourth-order valence-corrected chi connectivity index (χ4v) is 4.14. The Hall–Kier alpha value is -0.900. The van der Waals surface area contributed by atoms with Crippen molar-refractivity contribution in [3.05, 3.63) is 56.0 Å². The maximum absolute atomic E-state index is 13.8. The van der Waals surface area contributed by atoms with Gasteiger partial charge in [0.2, 0.25) is 0 Å². The Labute approximate surface area is 127 Å². The number of thiophene rings is 1. The highest BCUT2D eigenvalue weighted by atomic mass is 35.5. The average molecular weight is 310 g/mol. The van der Waals surface area contributed by atoms with E-state index in [9.17, 15) is 4.39 Å². The minimum Gasteiger partial charge on any atom is -0.323 e. The molecule has 1 aromatic carbocycles. The molecule has 0 radical (unpaired) electrons. The average Bonchev–Trinajstić information content (AvgIpc) is 2.86. The fourth-order valence-electron chi connectivity index (χ4n) is 2.72. The summed E-state index contributed by atoms with van der Waals surface area (Å²) in [7, 11) is 0. The van der Waals surface area contributed by atoms with Gasteiger partial charge in [-0.05, 0) is 61.4 Å². The SMILES string of the molecule is NC(Cc1ccc(Cl)cc1F)c1cc2c(s1)CCCC2. The van der Waals surface area contributed by atoms with Crippen molar-refractivity contribution >= 4 is 22.9 Å². The summed E-state index contributed by atoms with van der Waals surface area (Å²) in [5, 5.41) is 0.423. The molecular weight excluding hydrogens is 293 g/mol. The molecule has 2 aromatic rings. The zero-order valence-electron chi connectivity index (χ0n) is 11.2. The molecule has 0 saturated heterocycles. The van der Waals surface area contributed by atoms with Gasteiger partial charge in [0.15, 0.2) is 0 Å². The van der Waals surface area contributed by atoms with Gasteiger partial charge in [0.25, 0.3) is 0 Å². The molecule has 0 amide bonds. The number of rotatable bonds is 3. The Morgan fingerprint density at radius 2 is 2.05 bits per heavy atom. The monoisotopic (exact) mass is 309 g/mol. The Bertz CT molecular complexity index is 599. The van der Waals surface area contributed by atoms with Crippen molar-refractivity contribution in [1.29, 1.82) is 0 Å². The summed E-state index contributed by atoms with van der Waals surface area (Å²) in [6.45, 7) is 0. The second kappa shape index (κ2) is 5.84. The van der Waals surface area contributed by atoms with Crippen LogP contribution in [0.5, 0.6) is 0 Å². The van der Waals surface area contributed by atoms with E-state index >= 15 is 0 Å². The van der Waals surface area contributed by atoms with Gasteiger partial charge in [-0.15, -0.1) is 11.3 Å². The van der Waals surface area contributed by atoms with E-state index in [4.69, 9.17) is 17.3 Å². The predicted octanol–water partition coefficient (Wildman–Crippen LogP) is 4.66. The third kappa shape index (κ3) is 2.90. The zero-order valence-corrected chi connectivity index (χ0v) is 12.7. The van der Waals surface area contributed by atoms with E-state index in [-0.39, 0.29) is 11.9 Å². The van der Waals surface area contributed by atoms with Gasteiger partial charge >= 0.3 is 0 Å². The number of hydrogen-bond acceptors (Lipinski definition) is 2. The lowest BCUT2D eigenvalue weighted by Crippen LogP contribution is -2.12. The van der Waals surface area contributed by atoms with E-state index in [1.54, 1.807) is 23.5 Å². The largest absolute Gasteiger partial charge is 0.323 e. The molecule has 1 aliphatic rings. The van der Waals surface area contributed by atoms with E-state index in [1.807, 2.05) is 0 Å². The van der Waals surface area contributed by atoms with Crippen LogP contribution in [0.4, 0.5) is 4.39 Å². The van der Waals surface area contributed by atoms with Gasteiger partial charge in [-0.2, -0.15) is 0 Å². The van der Waals surface area contributed by atoms with Crippen LogP contribution in [0.1, 0.15) is 39.8 Å². The molecule has 0 spiro atoms. The topological polar surface area (TPSA) is 26.0 Å². The molecule has 1 unspecified atom stereocenters. The van der Waals surface area contributed by atoms with Crippen molar-refractivity contribution in [3.63, 3.8) is 0 Å². The first-order chi connectivity index (χ1) is 9.63. The number of benzene rings is 1. The van der Waals surface area contributed by atoms with Crippen LogP contribution in [-0.4, -0.2) is 0 Å². The summed E-state index contributed by atoms with van der Waals surface area (Å²) < 4.78 is 13.8. The summed E-state index contributed by atoms with van der Waals surface area (Å²) in [5.74, 6) is -0.269. The molecule has 1 aromatic heterocycles. The quantitative estimate of drug-likeness (QED) is 0.876. The van der Waals surface area contributed by atoms with Gasteiger partial charge in [-0.3, -0.25) is 0 Å². The van der Waals surface area contributed by atoms with Crippen LogP contribution in [0.3, 0.4) is 0 Å². The normalized spacial score (nSPS) is 15.9. The fraction of sp³-hybridized carbons (Fsp3) is 0.375. The zero-order chi connectivity index (χ0) is 14.1. The molecule has 106 valence electrons. The van der Waals surface area contributed by atoms with Gasteiger partial charge < -0.3 is 5.73 Å². The van der Waals surface area contributed by atoms with E-state index in [0.29, 0.717) is 17.0 Å². The Morgan fingerprint density at radius 3 is 2.80 bits per heavy atom. The predicted molar refractivity (Wildman–Crippen MR) is 83.0 cm³/mol. The highest BCUT2D eigenvalue weighted by Crippen LogP contribution is 2.33. The van der Waals surface area contributed by atoms with Crippen LogP contribution in [-0.2, 0) is 19.3 Å². The van der Waals surface area contributed by atoms with Crippen LogP contribution in [0.2, 0.25) is 5.02 Å². The number of hydrogen-bond donors (Lipinski definition) is 1. The number of fused-ring (bicyclic) bond motifs is 1. The van der Waals surface area contributed by atoms with Crippen molar-refractivity contribution in [2.45, 2.75) is 38.1 Å². The molecule has 2 N–H and O–H groups in total. The van der Waals surface area contributed by atoms with E-state index < -0.39 is 0 Å². The third-order valence-electron chi connectivity index (χ3n) is 3.84. The third-order valence-corrected chi connectivity index (χ3v) is 5.44. The van der Waals surface area contributed by atoms with Gasteiger partial charge in [0, 0.05) is 20.8 Å². The first-order valence-electron chi connectivity index (χ1n) is 6.94. The molecule has 0 aliphatic heterocycles. The van der Waals surface area contributed by atoms with Crippen molar-refractivity contribution in [2.24, 2.45) is 5.73 Å². The molecule has 0 fully saturated rings. The van der Waals surface area contributed by atoms with E-state index in [1.165, 1.54) is 40.6 Å². The Balaban J connectivity index is 1.78. The summed E-state index contributed by atoms with van der Waals surface area (Å²) in [6.07, 6.45) is 5.39. The molecule has 4 heteroatoms. The number of aryl methyl sites for hydroxylation is 2. The van der Waals surface area contributed by atoms with Crippen molar-refractivity contribution in [1.82, 2.24) is 0 Å². The van der Waals surface area contributed by atoms with E-state index in [0.717, 1.165) is 6.42 Å². The lowest BCUT2D eigenvalue weighted by molar-refractivity contribution is 0.595. The first kappa shape index (κ1) is 14.1. The summed E-state index contributed by atoms with van der Waals surface area (Å²) in [5.41, 5.74) is 8.34. The maximum atomic E-state index is 13.8. The Kier molecular flexibility index (Phi) is 4.11. The molecule has 20 heavy (non-hydrogen) atoms. The van der Waals surface area contributed by atoms with Crippen molar-refractivity contribution in [3.8, 4) is 0 Å². The number of nitrogens with two attached hydrogens (primary N) is 1. The Morgan fingerprint density at radius 1 is 1.25 bits per heavy atom. The van der Waals surface area contributed by atoms with Gasteiger partial charge in [-0.1, -0.05) is 17.7 Å². The second-order valence-corrected chi connectivity index (χ2v) is 6.96. The van der Waals surface area contributed by atoms with Crippen LogP contribution in [0.15, 0.2) is 24.3 Å². The van der Waals surface area contributed by atoms with E-state index in [2.05, 4.69) is 6.07 Å². The van der Waals surface area contributed by atoms with Crippen LogP contribution in [0.25, 0.3) is 0 Å². The van der Waals surface area contributed by atoms with Crippen molar-refractivity contribution < 1.29 is 4.39 Å². The molecule has 0 bridgehead atoms. The first-order valence-corrected chi connectivity index (χ1v) is 8.14. The number of halogens is 2. The standard InChI is InChI=1S/C16H17ClFNS/c17-12-6-5-10(13(18)9-12)7-14(19)16-8-11-3-1-2-4-15(11)20-16/h5-6,8-9,14H,1-4,7,19H2. The summed E-state index contributed by atoms with van der Waals surface area (Å²) in [6, 6.07) is 6.87. The molecule has 1 nitrogen and oxygen atoms in total. The molecule has 0 saturated carbocycles. The minimum absolute atomic E-state index is 0.138. The molecule has 3 rings (SSSR count). The summed E-state index contributed by atoms with van der Waals surface area (Å²) >= 11 is 7.57. The van der Waals surface area contributed by atoms with Gasteiger partial charge in [0.05, 0.1) is 0 Å². The van der Waals surface area contributed by atoms with Crippen LogP contribution in [0, 0.1) is 5.82 Å². The highest BCUT2D eigenvalue weighted by Gasteiger charge is 2.18. The molecule has 1 aliphatic carbocycles. The molecule has 1 heterocycles. The summed E-state index contributed by atoms with van der Waals surface area (Å²) in [4.78, 5) is 2.64. The highest BCUT2D eigenvalue weighted by molar-refractivity contribution is 7.12. The molecule has 1 atom stereocenters. The van der Waals surface area contributed by atoms with Crippen LogP contribution >= 0.6 is 22.9 Å². The molecular formula is C16H17ClFNS. The van der Waals surface area contributed by atoms with Gasteiger partial charge in [-0.25, -0.2) is 4.39 Å². The lowest BCUT2D eigenvalue weighted by atomic mass is 9.98. The van der Waals surface area contributed by atoms with Gasteiger partial charge in [0.1, 0.15) is 5.82 Å². The van der Waals surface area contributed by atoms with Crippen LogP contribution < -0.4 is 5.73 Å². The second-order valence-electron chi connectivity index (χ2n) is 5.35. The minimum atomic E-state index is -0.269. The maximum Gasteiger partial charge on any atom is 0.127 e. The lowest BCUT2D eigenvalue weighted by Gasteiger charge is -2.10. The van der Waals surface area contributed by atoms with Crippen molar-refractivity contribution in [2.75, 3.05) is 0 Å². The smallest absolute Gasteiger partial charge is 0.127 e.